The minimum Gasteiger partial charge on any atom is -0.437 e. The van der Waals surface area contributed by atoms with Crippen molar-refractivity contribution in [2.24, 2.45) is 28.2 Å². The Hall–Kier alpha value is -13.8. The van der Waals surface area contributed by atoms with E-state index in [1.54, 1.807) is 36.9 Å². The molecule has 12 aromatic heterocycles. The third-order valence-corrected chi connectivity index (χ3v) is 21.8. The van der Waals surface area contributed by atoms with E-state index in [1.165, 1.54) is 72.3 Å². The summed E-state index contributed by atoms with van der Waals surface area (Å²) in [5.41, 5.74) is 33.6. The first-order chi connectivity index (χ1) is 56.1. The van der Waals surface area contributed by atoms with Crippen molar-refractivity contribution in [2.75, 3.05) is 0 Å². The highest BCUT2D eigenvalue weighted by molar-refractivity contribution is 6.13. The van der Waals surface area contributed by atoms with Crippen LogP contribution in [-0.2, 0) is 28.2 Å². The van der Waals surface area contributed by atoms with Gasteiger partial charge in [0.15, 0.2) is 47.1 Å². The second-order valence-electron chi connectivity index (χ2n) is 29.5. The zero-order chi connectivity index (χ0) is 80.4. The van der Waals surface area contributed by atoms with Gasteiger partial charge in [-0.2, -0.15) is 0 Å². The van der Waals surface area contributed by atoms with Crippen LogP contribution in [0, 0.1) is 62.2 Å². The van der Waals surface area contributed by atoms with Crippen molar-refractivity contribution < 1.29 is 40.0 Å². The minimum absolute atomic E-state index is 0.291. The van der Waals surface area contributed by atoms with Crippen LogP contribution >= 0.6 is 0 Å². The van der Waals surface area contributed by atoms with Gasteiger partial charge in [0.2, 0.25) is 45.6 Å². The number of aryl methyl sites for hydroxylation is 13. The van der Waals surface area contributed by atoms with Gasteiger partial charge in [-0.3, -0.25) is 0 Å². The third-order valence-electron chi connectivity index (χ3n) is 21.8. The highest BCUT2D eigenvalue weighted by Crippen LogP contribution is 2.44. The zero-order valence-electron chi connectivity index (χ0n) is 68.3. The number of hydrogen-bond donors (Lipinski definition) is 0. The van der Waals surface area contributed by atoms with Crippen LogP contribution in [0.1, 0.15) is 54.2 Å². The topological polar surface area (TPSA) is 120 Å². The fraction of sp³-hybridized carbons (Fsp3) is 0.129. The normalized spacial score (nSPS) is 11.9. The Morgan fingerprint density at radius 2 is 0.575 bits per heavy atom. The van der Waals surface area contributed by atoms with E-state index < -0.39 is 6.85 Å². The number of benzene rings is 8. The van der Waals surface area contributed by atoms with E-state index in [-0.39, 0.29) is 0 Å². The lowest BCUT2D eigenvalue weighted by atomic mass is 9.95. The summed E-state index contributed by atoms with van der Waals surface area (Å²) >= 11 is 0. The van der Waals surface area contributed by atoms with Gasteiger partial charge < -0.3 is 17.7 Å². The molecule has 12 nitrogen and oxygen atoms in total. The van der Waals surface area contributed by atoms with Crippen molar-refractivity contribution in [2.45, 2.75) is 62.2 Å². The van der Waals surface area contributed by atoms with Gasteiger partial charge >= 0.3 is 0 Å². The highest BCUT2D eigenvalue weighted by Gasteiger charge is 2.29. The van der Waals surface area contributed by atoms with Crippen molar-refractivity contribution >= 4 is 88.3 Å². The van der Waals surface area contributed by atoms with Gasteiger partial charge in [0.1, 0.15) is 28.2 Å². The van der Waals surface area contributed by atoms with Crippen LogP contribution < -0.4 is 18.3 Å². The lowest BCUT2D eigenvalue weighted by molar-refractivity contribution is -0.660. The Bertz CT molecular complexity index is 7210. The van der Waals surface area contributed by atoms with Crippen molar-refractivity contribution in [1.82, 2.24) is 19.9 Å². The van der Waals surface area contributed by atoms with E-state index in [4.69, 9.17) is 21.8 Å². The van der Waals surface area contributed by atoms with E-state index in [2.05, 4.69) is 302 Å². The van der Waals surface area contributed by atoms with Crippen molar-refractivity contribution in [1.29, 1.82) is 0 Å². The predicted octanol–water partition coefficient (Wildman–Crippen LogP) is 23.3. The summed E-state index contributed by atoms with van der Waals surface area (Å²) in [6.07, 6.45) is 15.7. The fourth-order valence-electron chi connectivity index (χ4n) is 16.4. The van der Waals surface area contributed by atoms with Crippen LogP contribution in [0.15, 0.2) is 304 Å². The average Bonchev–Trinajstić information content (AvgIpc) is 1.57. The molecule has 12 heterocycles. The van der Waals surface area contributed by atoms with E-state index in [9.17, 15) is 0 Å². The number of nitrogens with zero attached hydrogens (tertiary/aromatic N) is 8. The predicted molar refractivity (Wildman–Crippen MR) is 457 cm³/mol. The summed E-state index contributed by atoms with van der Waals surface area (Å²) in [5.74, 6) is 0. The lowest BCUT2D eigenvalue weighted by Gasteiger charge is -2.11. The minimum atomic E-state index is -2.26. The van der Waals surface area contributed by atoms with Crippen LogP contribution in [0.3, 0.4) is 0 Å². The molecule has 0 saturated carbocycles. The Labute approximate surface area is 660 Å². The fourth-order valence-corrected chi connectivity index (χ4v) is 16.4. The molecule has 20 rings (SSSR count). The Balaban J connectivity index is 0.000000111. The van der Waals surface area contributed by atoms with E-state index in [1.807, 2.05) is 68.6 Å². The molecule has 0 amide bonds. The standard InChI is InChI=1S/C26H23N2O.3C25H21N2O/c1-16-14-22(28(4)15-21(16)19-9-6-5-7-10-19)24-18(3)13-17(2)23-20-11-8-12-27-26(20)29-25(23)24;2*1-16-14-17(2)23(24-22(16)20-10-7-13-26-25(20)28-24)21-12-11-19(15-27(21)3)18-8-5-4-6-9-18;1-16-11-12-19-20-10-7-13-26-25(20)28-24(19)23(16)22-14-17(2)21(15-27(22)3)18-8-5-4-6-9-18/h5-15H,1-4H3;3*4-15H,1-3H3/q4*+1/i;1D3;;. The van der Waals surface area contributed by atoms with Crippen LogP contribution in [0.25, 0.3) is 178 Å². The number of pyridine rings is 8. The molecule has 0 saturated heterocycles. The molecule has 113 heavy (non-hydrogen) atoms. The molecule has 0 bridgehead atoms. The van der Waals surface area contributed by atoms with E-state index in [0.717, 1.165) is 111 Å². The first kappa shape index (κ1) is 68.4. The van der Waals surface area contributed by atoms with Gasteiger partial charge in [-0.25, -0.2) is 38.2 Å². The maximum Gasteiger partial charge on any atom is 0.227 e. The van der Waals surface area contributed by atoms with Crippen LogP contribution in [0.2, 0.25) is 0 Å². The van der Waals surface area contributed by atoms with Crippen molar-refractivity contribution in [3.63, 3.8) is 0 Å². The number of furan rings is 4. The van der Waals surface area contributed by atoms with Gasteiger partial charge in [0.05, 0.1) is 22.3 Å². The molecule has 20 aromatic rings. The molecule has 0 fully saturated rings. The summed E-state index contributed by atoms with van der Waals surface area (Å²) < 4.78 is 57.7. The maximum absolute atomic E-state index is 8.07. The maximum atomic E-state index is 8.07. The van der Waals surface area contributed by atoms with Gasteiger partial charge in [0, 0.05) is 119 Å². The average molecular weight is 1480 g/mol. The quantitative estimate of drug-likeness (QED) is 0.138. The summed E-state index contributed by atoms with van der Waals surface area (Å²) in [6.45, 7) is 14.7. The molecule has 0 spiro atoms. The summed E-state index contributed by atoms with van der Waals surface area (Å²) in [4.78, 5) is 17.6. The molecular formula is C101H86N8O4+4. The molecular weight excluding hydrogens is 1390 g/mol. The summed E-state index contributed by atoms with van der Waals surface area (Å²) in [7, 11) is 8.28. The number of hydrogen-bond acceptors (Lipinski definition) is 8. The molecule has 550 valence electrons. The lowest BCUT2D eigenvalue weighted by Crippen LogP contribution is -2.31. The number of fused-ring (bicyclic) bond motifs is 12. The third kappa shape index (κ3) is 13.3. The largest absolute Gasteiger partial charge is 0.437 e. The Morgan fingerprint density at radius 3 is 0.965 bits per heavy atom. The molecule has 0 N–H and O–H groups in total. The second-order valence-corrected chi connectivity index (χ2v) is 29.5. The monoisotopic (exact) mass is 1480 g/mol. The summed E-state index contributed by atoms with van der Waals surface area (Å²) in [5, 5.41) is 7.92. The Kier molecular flexibility index (Phi) is 18.1. The van der Waals surface area contributed by atoms with E-state index in [0.29, 0.717) is 44.8 Å². The Morgan fingerprint density at radius 1 is 0.248 bits per heavy atom. The SMILES string of the molecule is Cc1cc(-c2c(C)cc(C)c3c2oc2ncccc23)[n+](C)cc1-c1ccccc1.Cc1cc(-c2c(C)ccc3c2oc2ncccc23)[n+](C)cc1-c1ccccc1.Cc1cc(C)c2c(oc3ncccc32)c1-c1ccc(-c2ccccc2)c[n+]1C.[2H]C([2H])([2H])c1cc(C)c(-c2ccc(-c3ccccc3)c[n+]2C)c2oc3ncccc3c12. The van der Waals surface area contributed by atoms with Gasteiger partial charge in [-0.05, 0) is 195 Å². The zero-order valence-corrected chi connectivity index (χ0v) is 65.3. The smallest absolute Gasteiger partial charge is 0.227 e. The first-order valence-electron chi connectivity index (χ1n) is 39.5. The van der Waals surface area contributed by atoms with Gasteiger partial charge in [-0.15, -0.1) is 0 Å². The van der Waals surface area contributed by atoms with Crippen molar-refractivity contribution in [3.8, 4) is 89.5 Å². The number of aromatic nitrogens is 8. The first-order valence-corrected chi connectivity index (χ1v) is 38.0. The molecule has 8 aromatic carbocycles. The highest BCUT2D eigenvalue weighted by atomic mass is 16.4. The van der Waals surface area contributed by atoms with Crippen LogP contribution in [0.5, 0.6) is 0 Å². The van der Waals surface area contributed by atoms with E-state index >= 15 is 0 Å². The molecule has 0 radical (unpaired) electrons. The molecule has 0 aliphatic carbocycles. The van der Waals surface area contributed by atoms with Gasteiger partial charge in [0.25, 0.3) is 0 Å². The molecule has 0 unspecified atom stereocenters. The molecule has 0 aliphatic heterocycles. The van der Waals surface area contributed by atoms with Gasteiger partial charge in [-0.1, -0.05) is 152 Å². The second kappa shape index (κ2) is 29.9. The van der Waals surface area contributed by atoms with Crippen LogP contribution in [0.4, 0.5) is 0 Å². The summed E-state index contributed by atoms with van der Waals surface area (Å²) in [6, 6.07) is 81.0. The van der Waals surface area contributed by atoms with Crippen molar-refractivity contribution in [3.05, 3.63) is 336 Å². The number of rotatable bonds is 8. The molecule has 12 heteroatoms. The molecule has 0 aliphatic rings. The molecule has 0 atom stereocenters. The van der Waals surface area contributed by atoms with Crippen LogP contribution in [-0.4, -0.2) is 19.9 Å².